The average Bonchev–Trinajstić information content (AvgIpc) is 2.96. The van der Waals surface area contributed by atoms with E-state index in [-0.39, 0.29) is 0 Å². The van der Waals surface area contributed by atoms with Gasteiger partial charge in [-0.1, -0.05) is 0 Å². The Kier molecular flexibility index (Phi) is 3.41. The van der Waals surface area contributed by atoms with Gasteiger partial charge in [0, 0.05) is 36.3 Å². The highest BCUT2D eigenvalue weighted by molar-refractivity contribution is 5.62. The van der Waals surface area contributed by atoms with E-state index in [1.165, 1.54) is 0 Å². The van der Waals surface area contributed by atoms with Gasteiger partial charge < -0.3 is 5.32 Å². The van der Waals surface area contributed by atoms with Gasteiger partial charge in [-0.05, 0) is 31.2 Å². The zero-order chi connectivity index (χ0) is 13.8. The van der Waals surface area contributed by atoms with Crippen LogP contribution in [0.1, 0.15) is 11.3 Å². The van der Waals surface area contributed by atoms with Gasteiger partial charge in [-0.15, -0.1) is 0 Å². The van der Waals surface area contributed by atoms with Crippen molar-refractivity contribution in [2.75, 3.05) is 5.32 Å². The van der Waals surface area contributed by atoms with Crippen LogP contribution in [0.5, 0.6) is 0 Å². The molecule has 0 aliphatic rings. The Balaban J connectivity index is 1.80. The summed E-state index contributed by atoms with van der Waals surface area (Å²) < 4.78 is 0. The van der Waals surface area contributed by atoms with Crippen LogP contribution in [0, 0.1) is 6.92 Å². The Morgan fingerprint density at radius 3 is 2.85 bits per heavy atom. The van der Waals surface area contributed by atoms with Gasteiger partial charge >= 0.3 is 0 Å². The molecule has 5 nitrogen and oxygen atoms in total. The predicted octanol–water partition coefficient (Wildman–Crippen LogP) is 2.79. The van der Waals surface area contributed by atoms with E-state index in [0.29, 0.717) is 6.54 Å². The second kappa shape index (κ2) is 5.52. The molecule has 3 aromatic rings. The van der Waals surface area contributed by atoms with Crippen molar-refractivity contribution in [3.63, 3.8) is 0 Å². The van der Waals surface area contributed by atoms with E-state index in [1.807, 2.05) is 43.6 Å². The lowest BCUT2D eigenvalue weighted by Gasteiger charge is -2.08. The van der Waals surface area contributed by atoms with Crippen molar-refractivity contribution in [1.29, 1.82) is 0 Å². The van der Waals surface area contributed by atoms with Gasteiger partial charge in [0.25, 0.3) is 0 Å². The number of rotatable bonds is 4. The molecule has 0 bridgehead atoms. The van der Waals surface area contributed by atoms with E-state index in [0.717, 1.165) is 28.2 Å². The Morgan fingerprint density at radius 1 is 1.15 bits per heavy atom. The molecule has 0 amide bonds. The molecule has 0 atom stereocenters. The van der Waals surface area contributed by atoms with Gasteiger partial charge in [0.05, 0.1) is 23.3 Å². The fraction of sp³-hybridized carbons (Fsp3) is 0.133. The highest BCUT2D eigenvalue weighted by Crippen LogP contribution is 2.21. The van der Waals surface area contributed by atoms with Gasteiger partial charge in [0.1, 0.15) is 0 Å². The summed E-state index contributed by atoms with van der Waals surface area (Å²) in [6.07, 6.45) is 7.21. The first-order valence-electron chi connectivity index (χ1n) is 6.43. The molecule has 5 heteroatoms. The van der Waals surface area contributed by atoms with E-state index in [9.17, 15) is 0 Å². The fourth-order valence-electron chi connectivity index (χ4n) is 2.07. The van der Waals surface area contributed by atoms with Gasteiger partial charge in [-0.3, -0.25) is 15.1 Å². The molecule has 3 aromatic heterocycles. The molecule has 100 valence electrons. The van der Waals surface area contributed by atoms with E-state index in [2.05, 4.69) is 25.5 Å². The number of nitrogens with zero attached hydrogens (tertiary/aromatic N) is 3. The second-order valence-electron chi connectivity index (χ2n) is 4.50. The smallest absolute Gasteiger partial charge is 0.0715 e. The molecule has 3 heterocycles. The van der Waals surface area contributed by atoms with Crippen molar-refractivity contribution in [3.05, 3.63) is 60.3 Å². The molecule has 3 rings (SSSR count). The lowest BCUT2D eigenvalue weighted by atomic mass is 10.1. The van der Waals surface area contributed by atoms with E-state index in [1.54, 1.807) is 12.4 Å². The molecule has 0 aliphatic carbocycles. The van der Waals surface area contributed by atoms with Crippen molar-refractivity contribution in [2.24, 2.45) is 0 Å². The topological polar surface area (TPSA) is 66.5 Å². The van der Waals surface area contributed by atoms with Crippen molar-refractivity contribution in [1.82, 2.24) is 20.2 Å². The molecule has 0 saturated carbocycles. The summed E-state index contributed by atoms with van der Waals surface area (Å²) in [6, 6.07) is 7.87. The summed E-state index contributed by atoms with van der Waals surface area (Å²) in [6.45, 7) is 2.67. The zero-order valence-electron chi connectivity index (χ0n) is 11.2. The number of aromatic nitrogens is 4. The van der Waals surface area contributed by atoms with Crippen LogP contribution in [0.25, 0.3) is 11.3 Å². The number of hydrogen-bond acceptors (Lipinski definition) is 4. The monoisotopic (exact) mass is 265 g/mol. The normalized spacial score (nSPS) is 10.4. The van der Waals surface area contributed by atoms with Crippen molar-refractivity contribution in [2.45, 2.75) is 13.5 Å². The standard InChI is InChI=1S/C15H15N5/c1-11-14(5-3-7-17-11)18-9-13-10-19-20-15(13)12-4-2-6-16-8-12/h2-8,10,18H,9H2,1H3,(H,19,20). The maximum absolute atomic E-state index is 4.26. The summed E-state index contributed by atoms with van der Waals surface area (Å²) in [5.41, 5.74) is 5.14. The summed E-state index contributed by atoms with van der Waals surface area (Å²) in [4.78, 5) is 8.40. The van der Waals surface area contributed by atoms with E-state index < -0.39 is 0 Å². The predicted molar refractivity (Wildman–Crippen MR) is 78.1 cm³/mol. The first kappa shape index (κ1) is 12.3. The van der Waals surface area contributed by atoms with Gasteiger partial charge in [0.2, 0.25) is 0 Å². The maximum Gasteiger partial charge on any atom is 0.0715 e. The molecule has 0 unspecified atom stereocenters. The number of anilines is 1. The van der Waals surface area contributed by atoms with Gasteiger partial charge in [-0.25, -0.2) is 0 Å². The largest absolute Gasteiger partial charge is 0.379 e. The maximum atomic E-state index is 4.26. The van der Waals surface area contributed by atoms with Crippen LogP contribution in [-0.2, 0) is 6.54 Å². The summed E-state index contributed by atoms with van der Waals surface area (Å²) in [5.74, 6) is 0. The first-order chi connectivity index (χ1) is 9.84. The molecule has 2 N–H and O–H groups in total. The highest BCUT2D eigenvalue weighted by Gasteiger charge is 2.08. The molecule has 0 aliphatic heterocycles. The molecule has 0 spiro atoms. The lowest BCUT2D eigenvalue weighted by molar-refractivity contribution is 1.09. The summed E-state index contributed by atoms with van der Waals surface area (Å²) in [7, 11) is 0. The number of nitrogens with one attached hydrogen (secondary N) is 2. The number of H-pyrrole nitrogens is 1. The van der Waals surface area contributed by atoms with Crippen molar-refractivity contribution < 1.29 is 0 Å². The van der Waals surface area contributed by atoms with Gasteiger partial charge in [-0.2, -0.15) is 5.10 Å². The van der Waals surface area contributed by atoms with E-state index in [4.69, 9.17) is 0 Å². The van der Waals surface area contributed by atoms with Crippen LogP contribution >= 0.6 is 0 Å². The minimum absolute atomic E-state index is 0.688. The Bertz CT molecular complexity index is 690. The molecular weight excluding hydrogens is 250 g/mol. The third-order valence-corrected chi connectivity index (χ3v) is 3.14. The third kappa shape index (κ3) is 2.51. The first-order valence-corrected chi connectivity index (χ1v) is 6.43. The van der Waals surface area contributed by atoms with Crippen LogP contribution in [0.15, 0.2) is 49.1 Å². The Labute approximate surface area is 117 Å². The highest BCUT2D eigenvalue weighted by atomic mass is 15.1. The molecular formula is C15H15N5. The number of pyridine rings is 2. The number of aromatic amines is 1. The average molecular weight is 265 g/mol. The summed E-state index contributed by atoms with van der Waals surface area (Å²) >= 11 is 0. The fourth-order valence-corrected chi connectivity index (χ4v) is 2.07. The molecule has 0 fully saturated rings. The van der Waals surface area contributed by atoms with Crippen LogP contribution in [0.2, 0.25) is 0 Å². The number of hydrogen-bond donors (Lipinski definition) is 2. The van der Waals surface area contributed by atoms with Crippen LogP contribution in [-0.4, -0.2) is 20.2 Å². The third-order valence-electron chi connectivity index (χ3n) is 3.14. The Hall–Kier alpha value is -2.69. The van der Waals surface area contributed by atoms with Crippen molar-refractivity contribution >= 4 is 5.69 Å². The quantitative estimate of drug-likeness (QED) is 0.761. The SMILES string of the molecule is Cc1ncccc1NCc1cn[nH]c1-c1cccnc1. The van der Waals surface area contributed by atoms with Gasteiger partial charge in [0.15, 0.2) is 0 Å². The van der Waals surface area contributed by atoms with Crippen LogP contribution in [0.3, 0.4) is 0 Å². The summed E-state index contributed by atoms with van der Waals surface area (Å²) in [5, 5.41) is 10.5. The zero-order valence-corrected chi connectivity index (χ0v) is 11.2. The molecule has 20 heavy (non-hydrogen) atoms. The molecule has 0 radical (unpaired) electrons. The minimum Gasteiger partial charge on any atom is -0.379 e. The lowest BCUT2D eigenvalue weighted by Crippen LogP contribution is -2.02. The number of aryl methyl sites for hydroxylation is 1. The Morgan fingerprint density at radius 2 is 2.05 bits per heavy atom. The van der Waals surface area contributed by atoms with Crippen molar-refractivity contribution in [3.8, 4) is 11.3 Å². The molecule has 0 aromatic carbocycles. The minimum atomic E-state index is 0.688. The van der Waals surface area contributed by atoms with E-state index >= 15 is 0 Å². The second-order valence-corrected chi connectivity index (χ2v) is 4.50. The van der Waals surface area contributed by atoms with Crippen LogP contribution < -0.4 is 5.32 Å². The molecule has 0 saturated heterocycles. The van der Waals surface area contributed by atoms with Crippen LogP contribution in [0.4, 0.5) is 5.69 Å².